The van der Waals surface area contributed by atoms with Crippen molar-refractivity contribution >= 4 is 28.4 Å². The molecule has 2 atom stereocenters. The van der Waals surface area contributed by atoms with Crippen molar-refractivity contribution in [3.63, 3.8) is 0 Å². The molecule has 5 heterocycles. The lowest BCUT2D eigenvalue weighted by atomic mass is 10.0. The summed E-state index contributed by atoms with van der Waals surface area (Å²) >= 11 is 0. The second-order valence-electron chi connectivity index (χ2n) is 13.0. The second-order valence-corrected chi connectivity index (χ2v) is 13.0. The van der Waals surface area contributed by atoms with E-state index in [2.05, 4.69) is 57.1 Å². The number of hydrogen-bond acceptors (Lipinski definition) is 10. The number of ether oxygens (including phenoxy) is 2. The van der Waals surface area contributed by atoms with Crippen LogP contribution in [0.5, 0.6) is 6.01 Å². The molecule has 6 rings (SSSR count). The molecule has 2 saturated heterocycles. The molecule has 3 aliphatic heterocycles. The summed E-state index contributed by atoms with van der Waals surface area (Å²) < 4.78 is 12.0. The van der Waals surface area contributed by atoms with Gasteiger partial charge in [-0.2, -0.15) is 15.2 Å². The maximum Gasteiger partial charge on any atom is 0.410 e. The van der Waals surface area contributed by atoms with E-state index in [0.29, 0.717) is 44.8 Å². The lowest BCUT2D eigenvalue weighted by molar-refractivity contribution is 0.0144. The molecular formula is C33H42N8O3. The van der Waals surface area contributed by atoms with Gasteiger partial charge in [-0.1, -0.05) is 12.1 Å². The molecule has 0 unspecified atom stereocenters. The Morgan fingerprint density at radius 1 is 1.09 bits per heavy atom. The minimum absolute atomic E-state index is 0.212. The van der Waals surface area contributed by atoms with Crippen LogP contribution in [0.1, 0.15) is 51.3 Å². The van der Waals surface area contributed by atoms with Crippen molar-refractivity contribution in [3.8, 4) is 12.1 Å². The van der Waals surface area contributed by atoms with Crippen molar-refractivity contribution in [2.24, 2.45) is 0 Å². The third-order valence-corrected chi connectivity index (χ3v) is 8.83. The third kappa shape index (κ3) is 6.36. The van der Waals surface area contributed by atoms with E-state index in [0.717, 1.165) is 54.1 Å². The summed E-state index contributed by atoms with van der Waals surface area (Å²) in [4.78, 5) is 35.9. The zero-order valence-corrected chi connectivity index (χ0v) is 26.2. The Balaban J connectivity index is 1.30. The van der Waals surface area contributed by atoms with Crippen LogP contribution in [-0.2, 0) is 17.7 Å². The minimum Gasteiger partial charge on any atom is -0.462 e. The van der Waals surface area contributed by atoms with Crippen LogP contribution in [-0.4, -0.2) is 94.9 Å². The van der Waals surface area contributed by atoms with Gasteiger partial charge in [0.25, 0.3) is 0 Å². The molecule has 11 heteroatoms. The quantitative estimate of drug-likeness (QED) is 0.405. The molecule has 1 aromatic carbocycles. The molecule has 3 aliphatic rings. The molecule has 1 amide bonds. The maximum absolute atomic E-state index is 13.0. The van der Waals surface area contributed by atoms with E-state index < -0.39 is 5.60 Å². The van der Waals surface area contributed by atoms with Crippen LogP contribution in [0.15, 0.2) is 36.7 Å². The minimum atomic E-state index is -0.608. The average molecular weight is 599 g/mol. The first-order valence-corrected chi connectivity index (χ1v) is 15.6. The number of piperazine rings is 1. The number of likely N-dealkylation sites (N-methyl/N-ethyl adjacent to an activating group) is 1. The second kappa shape index (κ2) is 12.4. The van der Waals surface area contributed by atoms with E-state index in [1.165, 1.54) is 11.8 Å². The van der Waals surface area contributed by atoms with Gasteiger partial charge in [-0.25, -0.2) is 4.79 Å². The Labute approximate surface area is 259 Å². The number of amides is 1. The summed E-state index contributed by atoms with van der Waals surface area (Å²) in [5, 5.41) is 11.9. The summed E-state index contributed by atoms with van der Waals surface area (Å²) in [6.45, 7) is 10.1. The predicted octanol–water partition coefficient (Wildman–Crippen LogP) is 4.40. The SMILES string of the molecule is CN1CCC[C@H]1COc1nc2c(c(N3CCN(C(=O)OC(C)(C)C)[C@@H](CC#N)C3)n1)CCN(c1cccc3cnccc13)C2. The summed E-state index contributed by atoms with van der Waals surface area (Å²) in [6, 6.07) is 11.1. The van der Waals surface area contributed by atoms with Crippen molar-refractivity contribution < 1.29 is 14.3 Å². The number of aromatic nitrogens is 3. The van der Waals surface area contributed by atoms with Gasteiger partial charge in [0.05, 0.1) is 30.8 Å². The number of anilines is 2. The number of hydrogen-bond donors (Lipinski definition) is 0. The zero-order chi connectivity index (χ0) is 30.8. The fraction of sp³-hybridized carbons (Fsp3) is 0.545. The van der Waals surface area contributed by atoms with Gasteiger partial charge in [-0.3, -0.25) is 4.98 Å². The molecule has 0 aliphatic carbocycles. The highest BCUT2D eigenvalue weighted by Crippen LogP contribution is 2.35. The van der Waals surface area contributed by atoms with Crippen LogP contribution >= 0.6 is 0 Å². The van der Waals surface area contributed by atoms with Gasteiger partial charge in [0.1, 0.15) is 18.0 Å². The Bertz CT molecular complexity index is 1550. The number of benzene rings is 1. The van der Waals surface area contributed by atoms with Crippen LogP contribution in [0.2, 0.25) is 0 Å². The number of carbonyl (C=O) groups excluding carboxylic acids is 1. The number of likely N-dealkylation sites (tertiary alicyclic amines) is 1. The van der Waals surface area contributed by atoms with E-state index in [9.17, 15) is 10.1 Å². The topological polar surface area (TPSA) is 111 Å². The van der Waals surface area contributed by atoms with Gasteiger partial charge < -0.3 is 29.1 Å². The molecule has 11 nitrogen and oxygen atoms in total. The first-order valence-electron chi connectivity index (χ1n) is 15.6. The normalized spacial score (nSPS) is 20.8. The van der Waals surface area contributed by atoms with Gasteiger partial charge in [-0.15, -0.1) is 0 Å². The third-order valence-electron chi connectivity index (χ3n) is 8.83. The molecular weight excluding hydrogens is 556 g/mol. The van der Waals surface area contributed by atoms with Crippen LogP contribution in [0, 0.1) is 11.3 Å². The molecule has 0 radical (unpaired) electrons. The molecule has 44 heavy (non-hydrogen) atoms. The van der Waals surface area contributed by atoms with Crippen LogP contribution < -0.4 is 14.5 Å². The molecule has 2 fully saturated rings. The highest BCUT2D eigenvalue weighted by molar-refractivity contribution is 5.93. The summed E-state index contributed by atoms with van der Waals surface area (Å²) in [5.41, 5.74) is 2.61. The standard InChI is InChI=1S/C33H42N8O3/c1-33(2,3)44-32(42)41-18-17-40(20-24(41)10-13-34)30-27-12-16-39(29-9-5-7-23-19-35-14-11-26(23)29)21-28(27)36-31(37-30)43-22-25-8-6-15-38(25)4/h5,7,9,11,14,19,24-25H,6,8,10,12,15-18,20-22H2,1-4H3/t24-,25-/m0/s1. The van der Waals surface area contributed by atoms with E-state index in [4.69, 9.17) is 19.4 Å². The Morgan fingerprint density at radius 2 is 1.95 bits per heavy atom. The number of fused-ring (bicyclic) bond motifs is 2. The summed E-state index contributed by atoms with van der Waals surface area (Å²) in [6.07, 6.45) is 6.60. The number of rotatable bonds is 6. The fourth-order valence-corrected chi connectivity index (χ4v) is 6.55. The van der Waals surface area contributed by atoms with Crippen molar-refractivity contribution in [2.75, 3.05) is 56.2 Å². The van der Waals surface area contributed by atoms with Gasteiger partial charge in [0.15, 0.2) is 0 Å². The van der Waals surface area contributed by atoms with Crippen molar-refractivity contribution in [3.05, 3.63) is 47.9 Å². The van der Waals surface area contributed by atoms with Gasteiger partial charge in [0, 0.05) is 66.6 Å². The van der Waals surface area contributed by atoms with Gasteiger partial charge in [0.2, 0.25) is 0 Å². The Hall–Kier alpha value is -4.17. The number of nitriles is 1. The fourth-order valence-electron chi connectivity index (χ4n) is 6.55. The maximum atomic E-state index is 13.0. The summed E-state index contributed by atoms with van der Waals surface area (Å²) in [5.74, 6) is 0.846. The van der Waals surface area contributed by atoms with E-state index >= 15 is 0 Å². The van der Waals surface area contributed by atoms with E-state index in [1.807, 2.05) is 33.2 Å². The predicted molar refractivity (Wildman–Crippen MR) is 169 cm³/mol. The van der Waals surface area contributed by atoms with E-state index in [1.54, 1.807) is 4.90 Å². The first kappa shape index (κ1) is 29.9. The zero-order valence-electron chi connectivity index (χ0n) is 26.2. The lowest BCUT2D eigenvalue weighted by Gasteiger charge is -2.42. The molecule has 0 N–H and O–H groups in total. The van der Waals surface area contributed by atoms with Crippen molar-refractivity contribution in [1.29, 1.82) is 5.26 Å². The van der Waals surface area contributed by atoms with E-state index in [-0.39, 0.29) is 18.6 Å². The number of nitrogens with zero attached hydrogens (tertiary/aromatic N) is 8. The molecule has 0 bridgehead atoms. The van der Waals surface area contributed by atoms with Crippen LogP contribution in [0.4, 0.5) is 16.3 Å². The molecule has 2 aromatic heterocycles. The smallest absolute Gasteiger partial charge is 0.410 e. The van der Waals surface area contributed by atoms with Gasteiger partial charge >= 0.3 is 12.1 Å². The monoisotopic (exact) mass is 598 g/mol. The molecule has 0 spiro atoms. The number of carbonyl (C=O) groups is 1. The first-order chi connectivity index (χ1) is 21.2. The van der Waals surface area contributed by atoms with Crippen LogP contribution in [0.25, 0.3) is 10.8 Å². The molecule has 3 aromatic rings. The highest BCUT2D eigenvalue weighted by Gasteiger charge is 2.36. The molecule has 0 saturated carbocycles. The highest BCUT2D eigenvalue weighted by atomic mass is 16.6. The van der Waals surface area contributed by atoms with Gasteiger partial charge in [-0.05, 0) is 65.8 Å². The Morgan fingerprint density at radius 3 is 2.73 bits per heavy atom. The van der Waals surface area contributed by atoms with Crippen molar-refractivity contribution in [2.45, 2.75) is 70.7 Å². The molecule has 232 valence electrons. The summed E-state index contributed by atoms with van der Waals surface area (Å²) in [7, 11) is 2.14. The lowest BCUT2D eigenvalue weighted by Crippen LogP contribution is -2.56. The van der Waals surface area contributed by atoms with Crippen LogP contribution in [0.3, 0.4) is 0 Å². The largest absolute Gasteiger partial charge is 0.462 e. The van der Waals surface area contributed by atoms with Crippen molar-refractivity contribution in [1.82, 2.24) is 24.8 Å². The average Bonchev–Trinajstić information content (AvgIpc) is 3.42. The number of pyridine rings is 1. The Kier molecular flexibility index (Phi) is 8.45.